The minimum Gasteiger partial charge on any atom is -0.394 e. The van der Waals surface area contributed by atoms with Gasteiger partial charge >= 0.3 is 0 Å². The molecule has 0 aromatic heterocycles. The van der Waals surface area contributed by atoms with Gasteiger partial charge in [0.25, 0.3) is 0 Å². The Morgan fingerprint density at radius 1 is 0.692 bits per heavy atom. The molecule has 0 aromatic rings. The molecular weight excluding hydrogens is 191 g/mol. The number of rotatable bonds is 5. The fourth-order valence-electron chi connectivity index (χ4n) is 0.671. The minimum atomic E-state index is -1.67. The zero-order valence-electron chi connectivity index (χ0n) is 7.41. The largest absolute Gasteiger partial charge is 0.394 e. The van der Waals surface area contributed by atoms with Gasteiger partial charge in [-0.1, -0.05) is 0 Å². The molecule has 0 amide bonds. The first-order valence-corrected chi connectivity index (χ1v) is 3.48. The third kappa shape index (κ3) is 5.26. The van der Waals surface area contributed by atoms with E-state index in [1.54, 1.807) is 0 Å². The predicted octanol–water partition coefficient (Wildman–Crippen LogP) is -3.97. The van der Waals surface area contributed by atoms with Gasteiger partial charge in [0.05, 0.1) is 13.2 Å². The van der Waals surface area contributed by atoms with Crippen LogP contribution in [0.5, 0.6) is 0 Å². The summed E-state index contributed by atoms with van der Waals surface area (Å²) >= 11 is 0. The summed E-state index contributed by atoms with van der Waals surface area (Å²) < 4.78 is 0. The second-order valence-electron chi connectivity index (χ2n) is 2.48. The molecule has 0 aliphatic carbocycles. The van der Waals surface area contributed by atoms with Crippen LogP contribution in [0, 0.1) is 0 Å². The van der Waals surface area contributed by atoms with Crippen molar-refractivity contribution in [2.24, 2.45) is 0 Å². The Hall–Kier alpha value is 0.760. The number of aliphatic hydroxyl groups excluding tert-OH is 6. The minimum absolute atomic E-state index is 0. The van der Waals surface area contributed by atoms with Crippen LogP contribution in [0.3, 0.4) is 0 Å². The molecule has 0 aliphatic heterocycles. The molecule has 0 unspecified atom stereocenters. The van der Waals surface area contributed by atoms with Crippen molar-refractivity contribution in [3.05, 3.63) is 0 Å². The Balaban J connectivity index is 0. The second kappa shape index (κ2) is 8.10. The van der Waals surface area contributed by atoms with E-state index in [2.05, 4.69) is 0 Å². The standard InChI is InChI=1S/C6H14O6.Na/c7-1-3(9)5(11)6(12)4(10)2-8;/h3-12H,1-2H2;/t3-,4-,5-,6-;/m1./s1. The third-order valence-electron chi connectivity index (χ3n) is 1.51. The first kappa shape index (κ1) is 16.2. The van der Waals surface area contributed by atoms with Crippen LogP contribution in [0.1, 0.15) is 0 Å². The fourth-order valence-corrected chi connectivity index (χ4v) is 0.671. The summed E-state index contributed by atoms with van der Waals surface area (Å²) in [5, 5.41) is 52.2. The summed E-state index contributed by atoms with van der Waals surface area (Å²) in [6.45, 7) is -1.45. The van der Waals surface area contributed by atoms with E-state index in [1.165, 1.54) is 0 Å². The molecule has 0 aliphatic rings. The molecule has 0 fully saturated rings. The summed E-state index contributed by atoms with van der Waals surface area (Å²) in [6.07, 6.45) is -6.39. The molecule has 75 valence electrons. The monoisotopic (exact) mass is 205 g/mol. The molecule has 0 heterocycles. The zero-order valence-corrected chi connectivity index (χ0v) is 9.41. The van der Waals surface area contributed by atoms with Crippen LogP contribution < -0.4 is 0 Å². The van der Waals surface area contributed by atoms with E-state index in [-0.39, 0.29) is 29.6 Å². The van der Waals surface area contributed by atoms with Crippen molar-refractivity contribution < 1.29 is 30.6 Å². The van der Waals surface area contributed by atoms with E-state index in [4.69, 9.17) is 30.6 Å². The van der Waals surface area contributed by atoms with Crippen molar-refractivity contribution in [1.29, 1.82) is 0 Å². The van der Waals surface area contributed by atoms with Crippen molar-refractivity contribution in [2.75, 3.05) is 13.2 Å². The van der Waals surface area contributed by atoms with Gasteiger partial charge in [0.1, 0.15) is 24.4 Å². The topological polar surface area (TPSA) is 121 Å². The summed E-state index contributed by atoms with van der Waals surface area (Å²) in [6, 6.07) is 0. The summed E-state index contributed by atoms with van der Waals surface area (Å²) in [5.41, 5.74) is 0. The van der Waals surface area contributed by atoms with Gasteiger partial charge in [-0.25, -0.2) is 0 Å². The Kier molecular flexibility index (Phi) is 10.1. The van der Waals surface area contributed by atoms with Gasteiger partial charge in [0.15, 0.2) is 0 Å². The zero-order chi connectivity index (χ0) is 9.72. The first-order chi connectivity index (χ1) is 5.54. The van der Waals surface area contributed by atoms with E-state index in [9.17, 15) is 0 Å². The molecule has 0 spiro atoms. The van der Waals surface area contributed by atoms with Crippen molar-refractivity contribution >= 4 is 29.6 Å². The molecule has 0 bridgehead atoms. The van der Waals surface area contributed by atoms with Crippen LogP contribution in [0.15, 0.2) is 0 Å². The number of hydrogen-bond donors (Lipinski definition) is 6. The predicted molar refractivity (Wildman–Crippen MR) is 44.0 cm³/mol. The van der Waals surface area contributed by atoms with E-state index in [1.807, 2.05) is 0 Å². The van der Waals surface area contributed by atoms with Crippen LogP contribution in [0.4, 0.5) is 0 Å². The second-order valence-corrected chi connectivity index (χ2v) is 2.48. The number of hydrogen-bond acceptors (Lipinski definition) is 6. The molecule has 0 aromatic carbocycles. The van der Waals surface area contributed by atoms with Crippen LogP contribution in [-0.2, 0) is 0 Å². The van der Waals surface area contributed by atoms with Gasteiger partial charge < -0.3 is 30.6 Å². The van der Waals surface area contributed by atoms with E-state index in [0.29, 0.717) is 0 Å². The van der Waals surface area contributed by atoms with Crippen molar-refractivity contribution in [3.8, 4) is 0 Å². The molecule has 0 saturated heterocycles. The Bertz CT molecular complexity index is 110. The fraction of sp³-hybridized carbons (Fsp3) is 1.00. The van der Waals surface area contributed by atoms with Gasteiger partial charge in [-0.2, -0.15) is 0 Å². The average molecular weight is 205 g/mol. The quantitative estimate of drug-likeness (QED) is 0.255. The maximum absolute atomic E-state index is 8.96. The van der Waals surface area contributed by atoms with Crippen LogP contribution in [-0.4, -0.2) is 97.8 Å². The smallest absolute Gasteiger partial charge is 0.111 e. The molecule has 1 radical (unpaired) electrons. The third-order valence-corrected chi connectivity index (χ3v) is 1.51. The van der Waals surface area contributed by atoms with Gasteiger partial charge in [0, 0.05) is 29.6 Å². The first-order valence-electron chi connectivity index (χ1n) is 3.48. The molecule has 7 heteroatoms. The summed E-state index contributed by atoms with van der Waals surface area (Å²) in [7, 11) is 0. The SMILES string of the molecule is OC[C@@H](O)[C@@H](O)[C@H](O)[C@H](O)CO.[Na]. The van der Waals surface area contributed by atoms with E-state index < -0.39 is 37.6 Å². The normalized spacial score (nSPS) is 19.8. The maximum atomic E-state index is 8.96. The van der Waals surface area contributed by atoms with Crippen LogP contribution in [0.2, 0.25) is 0 Å². The molecule has 0 rings (SSSR count). The van der Waals surface area contributed by atoms with E-state index >= 15 is 0 Å². The Morgan fingerprint density at radius 3 is 1.08 bits per heavy atom. The summed E-state index contributed by atoms with van der Waals surface area (Å²) in [5.74, 6) is 0. The molecule has 13 heavy (non-hydrogen) atoms. The van der Waals surface area contributed by atoms with Crippen molar-refractivity contribution in [3.63, 3.8) is 0 Å². The van der Waals surface area contributed by atoms with Gasteiger partial charge in [0.2, 0.25) is 0 Å². The van der Waals surface area contributed by atoms with Gasteiger partial charge in [-0.15, -0.1) is 0 Å². The van der Waals surface area contributed by atoms with Gasteiger partial charge in [-0.3, -0.25) is 0 Å². The van der Waals surface area contributed by atoms with Crippen molar-refractivity contribution in [2.45, 2.75) is 24.4 Å². The summed E-state index contributed by atoms with van der Waals surface area (Å²) in [4.78, 5) is 0. The number of aliphatic hydroxyl groups is 6. The van der Waals surface area contributed by atoms with Crippen molar-refractivity contribution in [1.82, 2.24) is 0 Å². The molecule has 6 N–H and O–H groups in total. The average Bonchev–Trinajstić information content (AvgIpc) is 2.12. The van der Waals surface area contributed by atoms with E-state index in [0.717, 1.165) is 0 Å². The van der Waals surface area contributed by atoms with Gasteiger partial charge in [-0.05, 0) is 0 Å². The molecule has 6 nitrogen and oxygen atoms in total. The molecule has 4 atom stereocenters. The van der Waals surface area contributed by atoms with Crippen LogP contribution >= 0.6 is 0 Å². The Morgan fingerprint density at radius 2 is 0.923 bits per heavy atom. The molecule has 0 saturated carbocycles. The maximum Gasteiger partial charge on any atom is 0.111 e. The van der Waals surface area contributed by atoms with Crippen LogP contribution in [0.25, 0.3) is 0 Å². The molecular formula is C6H14NaO6. The Labute approximate surface area is 97.7 Å².